The smallest absolute Gasteiger partial charge is 0.416 e. The molecule has 2 heterocycles. The Morgan fingerprint density at radius 2 is 1.62 bits per heavy atom. The topological polar surface area (TPSA) is 124 Å². The highest BCUT2D eigenvalue weighted by atomic mass is 19.4. The van der Waals surface area contributed by atoms with E-state index in [1.165, 1.54) is 29.1 Å². The maximum Gasteiger partial charge on any atom is 0.416 e. The van der Waals surface area contributed by atoms with E-state index >= 15 is 0 Å². The second-order valence-corrected chi connectivity index (χ2v) is 8.79. The first-order valence-corrected chi connectivity index (χ1v) is 12.4. The summed E-state index contributed by atoms with van der Waals surface area (Å²) in [5, 5.41) is 12.1. The van der Waals surface area contributed by atoms with Crippen molar-refractivity contribution in [1.29, 1.82) is 0 Å². The third-order valence-corrected chi connectivity index (χ3v) is 5.61. The number of benzene rings is 3. The Bertz CT molecular complexity index is 1690. The third kappa shape index (κ3) is 7.47. The lowest BCUT2D eigenvalue weighted by molar-refractivity contribution is -0.755. The number of urea groups is 1. The quantitative estimate of drug-likeness (QED) is 0.199. The van der Waals surface area contributed by atoms with Crippen molar-refractivity contribution in [2.75, 3.05) is 10.6 Å². The Kier molecular flexibility index (Phi) is 8.09. The van der Waals surface area contributed by atoms with E-state index in [1.807, 2.05) is 6.07 Å². The number of nitrogens with zero attached hydrogens (tertiary/aromatic N) is 4. The normalized spacial score (nSPS) is 11.0. The van der Waals surface area contributed by atoms with E-state index in [-0.39, 0.29) is 29.4 Å². The number of alkyl halides is 3. The molecule has 42 heavy (non-hydrogen) atoms. The van der Waals surface area contributed by atoms with Crippen LogP contribution in [0.25, 0.3) is 5.32 Å². The summed E-state index contributed by atoms with van der Waals surface area (Å²) in [5.41, 5.74) is -0.723. The van der Waals surface area contributed by atoms with Crippen LogP contribution in [0.2, 0.25) is 0 Å². The number of para-hydroxylation sites is 1. The van der Waals surface area contributed by atoms with Crippen LogP contribution in [0.4, 0.5) is 35.2 Å². The maximum absolute atomic E-state index is 13.6. The average Bonchev–Trinajstić information content (AvgIpc) is 3.40. The van der Waals surface area contributed by atoms with Crippen LogP contribution < -0.4 is 20.1 Å². The van der Waals surface area contributed by atoms with E-state index in [4.69, 9.17) is 9.26 Å². The molecule has 2 N–H and O–H groups in total. The fraction of sp³-hybridized carbons (Fsp3) is 0.0690. The van der Waals surface area contributed by atoms with Crippen LogP contribution >= 0.6 is 0 Å². The minimum absolute atomic E-state index is 0.144. The Labute approximate surface area is 236 Å². The van der Waals surface area contributed by atoms with Crippen molar-refractivity contribution in [3.8, 4) is 11.5 Å². The molecule has 0 saturated heterocycles. The molecule has 0 fully saturated rings. The molecule has 0 unspecified atom stereocenters. The minimum Gasteiger partial charge on any atom is -0.457 e. The van der Waals surface area contributed by atoms with Crippen molar-refractivity contribution in [3.63, 3.8) is 0 Å². The van der Waals surface area contributed by atoms with E-state index in [0.29, 0.717) is 17.2 Å². The molecule has 0 spiro atoms. The van der Waals surface area contributed by atoms with Gasteiger partial charge in [0.15, 0.2) is 11.3 Å². The van der Waals surface area contributed by atoms with Gasteiger partial charge in [-0.15, -0.1) is 0 Å². The number of anilines is 2. The van der Waals surface area contributed by atoms with Crippen LogP contribution in [0.3, 0.4) is 0 Å². The van der Waals surface area contributed by atoms with Crippen molar-refractivity contribution >= 4 is 29.2 Å². The van der Waals surface area contributed by atoms with Crippen LogP contribution in [0, 0.1) is 0 Å². The number of carbonyl (C=O) groups excluding carboxylic acids is 2. The highest BCUT2D eigenvalue weighted by Gasteiger charge is 2.31. The zero-order valence-electron chi connectivity index (χ0n) is 21.6. The number of nitrogens with one attached hydrogen (secondary N) is 2. The number of hydrogen-bond donors (Lipinski definition) is 2. The summed E-state index contributed by atoms with van der Waals surface area (Å²) in [6.45, 7) is 0.249. The number of hydrogen-bond acceptors (Lipinski definition) is 6. The summed E-state index contributed by atoms with van der Waals surface area (Å²) in [7, 11) is 0. The highest BCUT2D eigenvalue weighted by molar-refractivity contribution is 6.06. The number of halogens is 3. The number of carbonyl (C=O) groups is 2. The van der Waals surface area contributed by atoms with Gasteiger partial charge in [0.25, 0.3) is 5.91 Å². The highest BCUT2D eigenvalue weighted by Crippen LogP contribution is 2.34. The number of pyridine rings is 1. The van der Waals surface area contributed by atoms with E-state index in [0.717, 1.165) is 12.1 Å². The first-order valence-electron chi connectivity index (χ1n) is 12.4. The molecule has 13 heteroatoms. The molecule has 5 rings (SSSR count). The molecule has 3 aromatic carbocycles. The van der Waals surface area contributed by atoms with E-state index in [2.05, 4.69) is 26.2 Å². The predicted molar refractivity (Wildman–Crippen MR) is 144 cm³/mol. The zero-order chi connectivity index (χ0) is 29.5. The van der Waals surface area contributed by atoms with Gasteiger partial charge >= 0.3 is 6.18 Å². The second kappa shape index (κ2) is 12.2. The molecule has 10 nitrogen and oxygen atoms in total. The SMILES string of the molecule is O=C([N-]c1c[n+](Cc2ccccn2)no1)Nc1cc(NC(=O)c2cccc(Oc3ccccc3)c2)cc(C(F)(F)F)c1. The lowest BCUT2D eigenvalue weighted by Gasteiger charge is -2.18. The molecule has 0 atom stereocenters. The fourth-order valence-corrected chi connectivity index (χ4v) is 3.77. The van der Waals surface area contributed by atoms with Gasteiger partial charge in [-0.1, -0.05) is 30.3 Å². The minimum atomic E-state index is -4.76. The summed E-state index contributed by atoms with van der Waals surface area (Å²) in [4.78, 5) is 29.5. The average molecular weight is 575 g/mol. The largest absolute Gasteiger partial charge is 0.457 e. The summed E-state index contributed by atoms with van der Waals surface area (Å²) in [5.74, 6) is 0.0452. The van der Waals surface area contributed by atoms with Gasteiger partial charge in [-0.25, -0.2) is 0 Å². The van der Waals surface area contributed by atoms with Crippen molar-refractivity contribution in [3.05, 3.63) is 126 Å². The molecule has 0 bridgehead atoms. The van der Waals surface area contributed by atoms with Crippen molar-refractivity contribution < 1.29 is 36.7 Å². The van der Waals surface area contributed by atoms with Crippen molar-refractivity contribution in [2.24, 2.45) is 0 Å². The number of rotatable bonds is 8. The van der Waals surface area contributed by atoms with E-state index in [9.17, 15) is 22.8 Å². The molecule has 0 aliphatic heterocycles. The molecule has 0 aliphatic rings. The van der Waals surface area contributed by atoms with Gasteiger partial charge in [-0.05, 0) is 71.0 Å². The van der Waals surface area contributed by atoms with Crippen LogP contribution in [0.5, 0.6) is 11.5 Å². The lowest BCUT2D eigenvalue weighted by atomic mass is 10.1. The van der Waals surface area contributed by atoms with Gasteiger partial charge in [0.1, 0.15) is 17.2 Å². The summed E-state index contributed by atoms with van der Waals surface area (Å²) >= 11 is 0. The Morgan fingerprint density at radius 3 is 2.36 bits per heavy atom. The van der Waals surface area contributed by atoms with Gasteiger partial charge in [0.05, 0.1) is 5.56 Å². The first kappa shape index (κ1) is 27.8. The molecule has 2 aromatic heterocycles. The van der Waals surface area contributed by atoms with Gasteiger partial charge in [0.2, 0.25) is 18.6 Å². The lowest BCUT2D eigenvalue weighted by Crippen LogP contribution is -2.35. The van der Waals surface area contributed by atoms with Crippen LogP contribution in [-0.2, 0) is 12.7 Å². The van der Waals surface area contributed by atoms with Gasteiger partial charge in [-0.3, -0.25) is 14.6 Å². The Balaban J connectivity index is 1.28. The van der Waals surface area contributed by atoms with Crippen LogP contribution in [-0.4, -0.2) is 22.2 Å². The zero-order valence-corrected chi connectivity index (χ0v) is 21.6. The summed E-state index contributed by atoms with van der Waals surface area (Å²) in [6.07, 6.45) is -1.82. The molecule has 0 radical (unpaired) electrons. The molecular weight excluding hydrogens is 553 g/mol. The molecule has 0 aliphatic carbocycles. The molecule has 212 valence electrons. The van der Waals surface area contributed by atoms with Gasteiger partial charge in [0, 0.05) is 17.4 Å². The second-order valence-electron chi connectivity index (χ2n) is 8.79. The van der Waals surface area contributed by atoms with E-state index < -0.39 is 23.7 Å². The molecular formula is C29H21F3N6O4. The van der Waals surface area contributed by atoms with Crippen molar-refractivity contribution in [1.82, 2.24) is 10.3 Å². The van der Waals surface area contributed by atoms with Gasteiger partial charge < -0.3 is 25.2 Å². The summed E-state index contributed by atoms with van der Waals surface area (Å²) < 4.78 is 53.0. The predicted octanol–water partition coefficient (Wildman–Crippen LogP) is 6.71. The molecule has 5 aromatic rings. The number of ether oxygens (including phenoxy) is 1. The molecule has 0 saturated carbocycles. The standard InChI is InChI=1S/C29H21F3N6O4/c30-29(31,32)20-14-22(34-27(39)19-7-6-11-25(13-19)41-24-9-2-1-3-10-24)16-23(15-20)35-28(40)36-26-18-38(37-42-26)17-21-8-4-5-12-33-21/h1-16,18H,17H2,(H2-,34,35,36,37,39,40). The first-order chi connectivity index (χ1) is 20.2. The van der Waals surface area contributed by atoms with Crippen molar-refractivity contribution in [2.45, 2.75) is 12.7 Å². The Hall–Kier alpha value is -5.72. The Morgan fingerprint density at radius 1 is 0.881 bits per heavy atom. The van der Waals surface area contributed by atoms with E-state index in [1.54, 1.807) is 60.8 Å². The van der Waals surface area contributed by atoms with Gasteiger partial charge in [-0.2, -0.15) is 13.2 Å². The van der Waals surface area contributed by atoms with Crippen LogP contribution in [0.15, 0.2) is 108 Å². The monoisotopic (exact) mass is 574 g/mol. The van der Waals surface area contributed by atoms with Crippen LogP contribution in [0.1, 0.15) is 21.6 Å². The molecule has 3 amide bonds. The third-order valence-electron chi connectivity index (χ3n) is 5.61. The number of aromatic nitrogens is 3. The maximum atomic E-state index is 13.6. The fourth-order valence-electron chi connectivity index (χ4n) is 3.77. The summed E-state index contributed by atoms with van der Waals surface area (Å²) in [6, 6.07) is 22.0. The number of amides is 3.